The van der Waals surface area contributed by atoms with E-state index < -0.39 is 0 Å². The van der Waals surface area contributed by atoms with Crippen molar-refractivity contribution in [3.8, 4) is 22.9 Å². The van der Waals surface area contributed by atoms with Gasteiger partial charge in [0.05, 0.1) is 11.1 Å². The molecule has 1 aliphatic rings. The van der Waals surface area contributed by atoms with E-state index in [0.29, 0.717) is 45.3 Å². The molecule has 2 N–H and O–H groups in total. The Labute approximate surface area is 202 Å². The predicted octanol–water partition coefficient (Wildman–Crippen LogP) is 4.43. The van der Waals surface area contributed by atoms with Gasteiger partial charge in [-0.25, -0.2) is 14.4 Å². The second kappa shape index (κ2) is 9.55. The topological polar surface area (TPSA) is 86.4 Å². The summed E-state index contributed by atoms with van der Waals surface area (Å²) >= 11 is 0. The van der Waals surface area contributed by atoms with Gasteiger partial charge in [-0.1, -0.05) is 18.7 Å². The first-order chi connectivity index (χ1) is 17.0. The normalized spacial score (nSPS) is 14.2. The van der Waals surface area contributed by atoms with Gasteiger partial charge in [-0.05, 0) is 43.5 Å². The first-order valence-corrected chi connectivity index (χ1v) is 11.3. The van der Waals surface area contributed by atoms with Crippen LogP contribution in [0.4, 0.5) is 15.8 Å². The lowest BCUT2D eigenvalue weighted by molar-refractivity contribution is -0.111. The van der Waals surface area contributed by atoms with Gasteiger partial charge >= 0.3 is 0 Å². The van der Waals surface area contributed by atoms with Crippen LogP contribution in [0.2, 0.25) is 0 Å². The van der Waals surface area contributed by atoms with E-state index in [1.54, 1.807) is 24.3 Å². The highest BCUT2D eigenvalue weighted by molar-refractivity contribution is 5.99. The molecule has 1 fully saturated rings. The zero-order valence-corrected chi connectivity index (χ0v) is 19.3. The zero-order chi connectivity index (χ0) is 24.4. The van der Waals surface area contributed by atoms with E-state index in [2.05, 4.69) is 43.7 Å². The van der Waals surface area contributed by atoms with E-state index in [1.807, 2.05) is 18.2 Å². The first-order valence-electron chi connectivity index (χ1n) is 11.3. The Morgan fingerprint density at radius 2 is 1.97 bits per heavy atom. The number of anilines is 2. The minimum atomic E-state index is -0.312. The Bertz CT molecular complexity index is 1390. The van der Waals surface area contributed by atoms with Gasteiger partial charge in [0.15, 0.2) is 0 Å². The van der Waals surface area contributed by atoms with E-state index in [1.165, 1.54) is 18.5 Å². The molecule has 178 valence electrons. The molecule has 2 aromatic carbocycles. The van der Waals surface area contributed by atoms with Crippen LogP contribution in [-0.2, 0) is 4.79 Å². The summed E-state index contributed by atoms with van der Waals surface area (Å²) in [7, 11) is 2.07. The van der Waals surface area contributed by atoms with E-state index in [4.69, 9.17) is 4.74 Å². The van der Waals surface area contributed by atoms with Crippen LogP contribution in [0.1, 0.15) is 0 Å². The number of likely N-dealkylation sites (N-methyl/N-ethyl adjacent to an activating group) is 1. The van der Waals surface area contributed by atoms with Crippen LogP contribution < -0.4 is 15.0 Å². The molecular formula is C26H25FN6O2. The molecule has 0 radical (unpaired) electrons. The molecule has 1 aliphatic heterocycles. The lowest BCUT2D eigenvalue weighted by atomic mass is 10.1. The van der Waals surface area contributed by atoms with Gasteiger partial charge in [0.1, 0.15) is 23.5 Å². The summed E-state index contributed by atoms with van der Waals surface area (Å²) in [6.07, 6.45) is 2.60. The van der Waals surface area contributed by atoms with Gasteiger partial charge in [0.2, 0.25) is 11.8 Å². The maximum absolute atomic E-state index is 15.0. The highest BCUT2D eigenvalue weighted by atomic mass is 19.1. The summed E-state index contributed by atoms with van der Waals surface area (Å²) in [6.45, 7) is 6.87. The number of fused-ring (bicyclic) bond motifs is 1. The Morgan fingerprint density at radius 1 is 1.14 bits per heavy atom. The molecule has 1 saturated heterocycles. The Morgan fingerprint density at radius 3 is 2.74 bits per heavy atom. The predicted molar refractivity (Wildman–Crippen MR) is 134 cm³/mol. The number of benzene rings is 2. The molecule has 0 saturated carbocycles. The molecule has 5 rings (SSSR count). The fourth-order valence-corrected chi connectivity index (χ4v) is 4.07. The average Bonchev–Trinajstić information content (AvgIpc) is 3.30. The molecule has 0 aliphatic carbocycles. The molecule has 1 amide bonds. The van der Waals surface area contributed by atoms with Crippen molar-refractivity contribution in [3.05, 3.63) is 73.3 Å². The standard InChI is InChI=1S/C26H25FN6O2/c1-3-24(34)30-18-5-4-6-19(14-18)35-26-20-15-22(31-25(20)28-16-29-26)17-7-8-23(21(27)13-17)33-11-9-32(2)10-12-33/h3-8,13-16H,1,9-12H2,2H3,(H,30,34)(H,28,29,31). The quantitative estimate of drug-likeness (QED) is 0.404. The summed E-state index contributed by atoms with van der Waals surface area (Å²) in [5.74, 6) is 0.274. The number of amides is 1. The number of hydrogen-bond donors (Lipinski definition) is 2. The second-order valence-electron chi connectivity index (χ2n) is 8.40. The fraction of sp³-hybridized carbons (Fsp3) is 0.192. The SMILES string of the molecule is C=CC(=O)Nc1cccc(Oc2ncnc3[nH]c(-c4ccc(N5CCN(C)CC5)c(F)c4)cc23)c1. The molecule has 35 heavy (non-hydrogen) atoms. The van der Waals surface area contributed by atoms with Gasteiger partial charge in [-0.2, -0.15) is 0 Å². The van der Waals surface area contributed by atoms with Gasteiger partial charge in [0, 0.05) is 49.2 Å². The lowest BCUT2D eigenvalue weighted by Gasteiger charge is -2.34. The van der Waals surface area contributed by atoms with Crippen LogP contribution in [0.25, 0.3) is 22.3 Å². The number of hydrogen-bond acceptors (Lipinski definition) is 6. The molecule has 8 nitrogen and oxygen atoms in total. The third-order valence-corrected chi connectivity index (χ3v) is 5.99. The molecule has 0 bridgehead atoms. The van der Waals surface area contributed by atoms with Gasteiger partial charge in [-0.15, -0.1) is 0 Å². The number of halogens is 1. The van der Waals surface area contributed by atoms with Gasteiger partial charge in [0.25, 0.3) is 0 Å². The molecule has 2 aromatic heterocycles. The number of aromatic amines is 1. The van der Waals surface area contributed by atoms with Crippen molar-refractivity contribution in [1.29, 1.82) is 0 Å². The number of rotatable bonds is 6. The van der Waals surface area contributed by atoms with Crippen molar-refractivity contribution < 1.29 is 13.9 Å². The number of carbonyl (C=O) groups is 1. The number of H-pyrrole nitrogens is 1. The molecular weight excluding hydrogens is 447 g/mol. The summed E-state index contributed by atoms with van der Waals surface area (Å²) < 4.78 is 21.0. The number of ether oxygens (including phenoxy) is 1. The molecule has 0 spiro atoms. The minimum Gasteiger partial charge on any atom is -0.438 e. The molecule has 3 heterocycles. The number of carbonyl (C=O) groups excluding carboxylic acids is 1. The fourth-order valence-electron chi connectivity index (χ4n) is 4.07. The minimum absolute atomic E-state index is 0.258. The highest BCUT2D eigenvalue weighted by Crippen LogP contribution is 2.33. The van der Waals surface area contributed by atoms with Gasteiger partial charge < -0.3 is 24.8 Å². The van der Waals surface area contributed by atoms with E-state index in [9.17, 15) is 4.79 Å². The van der Waals surface area contributed by atoms with Crippen LogP contribution in [0.5, 0.6) is 11.6 Å². The average molecular weight is 473 g/mol. The maximum atomic E-state index is 15.0. The van der Waals surface area contributed by atoms with Crippen LogP contribution in [-0.4, -0.2) is 59.0 Å². The van der Waals surface area contributed by atoms with Gasteiger partial charge in [-0.3, -0.25) is 4.79 Å². The second-order valence-corrected chi connectivity index (χ2v) is 8.40. The summed E-state index contributed by atoms with van der Waals surface area (Å²) in [5.41, 5.74) is 3.18. The maximum Gasteiger partial charge on any atom is 0.247 e. The number of piperazine rings is 1. The first kappa shape index (κ1) is 22.5. The zero-order valence-electron chi connectivity index (χ0n) is 19.3. The number of nitrogens with zero attached hydrogens (tertiary/aromatic N) is 4. The third-order valence-electron chi connectivity index (χ3n) is 5.99. The van der Waals surface area contributed by atoms with Crippen molar-refractivity contribution >= 4 is 28.3 Å². The monoisotopic (exact) mass is 472 g/mol. The summed E-state index contributed by atoms with van der Waals surface area (Å²) in [4.78, 5) is 27.7. The van der Waals surface area contributed by atoms with E-state index in [0.717, 1.165) is 26.2 Å². The van der Waals surface area contributed by atoms with Crippen molar-refractivity contribution in [1.82, 2.24) is 19.9 Å². The number of nitrogens with one attached hydrogen (secondary N) is 2. The van der Waals surface area contributed by atoms with Crippen LogP contribution in [0, 0.1) is 5.82 Å². The molecule has 4 aromatic rings. The van der Waals surface area contributed by atoms with Crippen LogP contribution >= 0.6 is 0 Å². The largest absolute Gasteiger partial charge is 0.438 e. The van der Waals surface area contributed by atoms with E-state index >= 15 is 4.39 Å². The summed E-state index contributed by atoms with van der Waals surface area (Å²) in [5, 5.41) is 3.36. The Balaban J connectivity index is 1.40. The van der Waals surface area contributed by atoms with Crippen molar-refractivity contribution in [2.75, 3.05) is 43.4 Å². The van der Waals surface area contributed by atoms with Crippen molar-refractivity contribution in [2.45, 2.75) is 0 Å². The third kappa shape index (κ3) is 4.85. The molecule has 0 atom stereocenters. The highest BCUT2D eigenvalue weighted by Gasteiger charge is 2.18. The van der Waals surface area contributed by atoms with Crippen LogP contribution in [0.15, 0.2) is 67.5 Å². The Hall–Kier alpha value is -4.24. The number of aromatic nitrogens is 3. The van der Waals surface area contributed by atoms with Crippen molar-refractivity contribution in [2.24, 2.45) is 0 Å². The molecule has 9 heteroatoms. The molecule has 0 unspecified atom stereocenters. The lowest BCUT2D eigenvalue weighted by Crippen LogP contribution is -2.44. The van der Waals surface area contributed by atoms with E-state index in [-0.39, 0.29) is 11.7 Å². The van der Waals surface area contributed by atoms with Crippen LogP contribution in [0.3, 0.4) is 0 Å². The summed E-state index contributed by atoms with van der Waals surface area (Å²) in [6, 6.07) is 14.1. The Kier molecular flexibility index (Phi) is 6.15. The van der Waals surface area contributed by atoms with Crippen molar-refractivity contribution in [3.63, 3.8) is 0 Å². The smallest absolute Gasteiger partial charge is 0.247 e.